The van der Waals surface area contributed by atoms with Crippen LogP contribution in [0.1, 0.15) is 58.8 Å². The van der Waals surface area contributed by atoms with E-state index in [2.05, 4.69) is 0 Å². The second-order valence-electron chi connectivity index (χ2n) is 6.10. The Balaban J connectivity index is 2.70. The topological polar surface area (TPSA) is 89.9 Å². The van der Waals surface area contributed by atoms with Gasteiger partial charge in [0.25, 0.3) is 0 Å². The highest BCUT2D eigenvalue weighted by atomic mass is 16.5. The number of ether oxygens (including phenoxy) is 2. The molecule has 1 N–H and O–H groups in total. The molecule has 0 heterocycles. The van der Waals surface area contributed by atoms with Crippen molar-refractivity contribution in [3.05, 3.63) is 0 Å². The van der Waals surface area contributed by atoms with Gasteiger partial charge in [0.2, 0.25) is 0 Å². The van der Waals surface area contributed by atoms with E-state index in [0.29, 0.717) is 26.1 Å². The van der Waals surface area contributed by atoms with Crippen molar-refractivity contribution in [3.63, 3.8) is 0 Å². The predicted molar refractivity (Wildman–Crippen MR) is 83.7 cm³/mol. The van der Waals surface area contributed by atoms with Crippen LogP contribution in [0.25, 0.3) is 0 Å². The summed E-state index contributed by atoms with van der Waals surface area (Å²) in [5.41, 5.74) is 0. The lowest BCUT2D eigenvalue weighted by atomic mass is 9.74. The molecule has 1 fully saturated rings. The van der Waals surface area contributed by atoms with E-state index in [0.717, 1.165) is 25.7 Å². The standard InChI is InChI=1S/C17H28O6/c1-3-5-9-22-16(20)13-8-7-12(15(18)19)11-14(13)17(21)23-10-6-4-2/h12-14H,3-11H2,1-2H3,(H,18,19). The zero-order valence-electron chi connectivity index (χ0n) is 14.1. The van der Waals surface area contributed by atoms with Gasteiger partial charge in [-0.3, -0.25) is 14.4 Å². The third-order valence-corrected chi connectivity index (χ3v) is 4.29. The Morgan fingerprint density at radius 1 is 0.913 bits per heavy atom. The first-order chi connectivity index (χ1) is 11.0. The highest BCUT2D eigenvalue weighted by Gasteiger charge is 2.43. The first kappa shape index (κ1) is 19.5. The highest BCUT2D eigenvalue weighted by molar-refractivity contribution is 5.83. The maximum absolute atomic E-state index is 12.3. The lowest BCUT2D eigenvalue weighted by Gasteiger charge is -2.31. The number of carboxylic acid groups (broad SMARTS) is 1. The third-order valence-electron chi connectivity index (χ3n) is 4.29. The molecule has 1 saturated carbocycles. The van der Waals surface area contributed by atoms with Gasteiger partial charge in [0.1, 0.15) is 0 Å². The zero-order chi connectivity index (χ0) is 17.2. The third kappa shape index (κ3) is 6.20. The van der Waals surface area contributed by atoms with Crippen molar-refractivity contribution in [2.75, 3.05) is 13.2 Å². The van der Waals surface area contributed by atoms with Gasteiger partial charge in [-0.25, -0.2) is 0 Å². The summed E-state index contributed by atoms with van der Waals surface area (Å²) in [7, 11) is 0. The minimum Gasteiger partial charge on any atom is -0.481 e. The van der Waals surface area contributed by atoms with Crippen LogP contribution >= 0.6 is 0 Å². The van der Waals surface area contributed by atoms with E-state index in [-0.39, 0.29) is 6.42 Å². The molecular formula is C17H28O6. The van der Waals surface area contributed by atoms with Gasteiger partial charge in [-0.15, -0.1) is 0 Å². The molecule has 0 aromatic rings. The monoisotopic (exact) mass is 328 g/mol. The molecule has 0 aromatic carbocycles. The lowest BCUT2D eigenvalue weighted by Crippen LogP contribution is -2.39. The number of carbonyl (C=O) groups is 3. The predicted octanol–water partition coefficient (Wildman–Crippen LogP) is 2.79. The van der Waals surface area contributed by atoms with Gasteiger partial charge in [0.05, 0.1) is 31.0 Å². The van der Waals surface area contributed by atoms with Crippen LogP contribution in [0.4, 0.5) is 0 Å². The van der Waals surface area contributed by atoms with Gasteiger partial charge in [0, 0.05) is 0 Å². The molecule has 0 amide bonds. The summed E-state index contributed by atoms with van der Waals surface area (Å²) < 4.78 is 10.4. The second kappa shape index (κ2) is 10.2. The molecule has 1 rings (SSSR count). The lowest BCUT2D eigenvalue weighted by molar-refractivity contribution is -0.166. The first-order valence-electron chi connectivity index (χ1n) is 8.57. The Hall–Kier alpha value is -1.59. The van der Waals surface area contributed by atoms with Crippen LogP contribution in [0.3, 0.4) is 0 Å². The summed E-state index contributed by atoms with van der Waals surface area (Å²) in [5, 5.41) is 9.18. The van der Waals surface area contributed by atoms with E-state index in [1.54, 1.807) is 0 Å². The molecule has 1 aliphatic rings. The number of hydrogen-bond donors (Lipinski definition) is 1. The Morgan fingerprint density at radius 3 is 1.91 bits per heavy atom. The van der Waals surface area contributed by atoms with Gasteiger partial charge in [0.15, 0.2) is 0 Å². The molecule has 1 aliphatic carbocycles. The molecule has 0 aliphatic heterocycles. The number of carboxylic acids is 1. The molecule has 0 spiro atoms. The maximum Gasteiger partial charge on any atom is 0.309 e. The van der Waals surface area contributed by atoms with Crippen molar-refractivity contribution in [1.82, 2.24) is 0 Å². The summed E-state index contributed by atoms with van der Waals surface area (Å²) in [6, 6.07) is 0. The van der Waals surface area contributed by atoms with Crippen LogP contribution in [0.5, 0.6) is 0 Å². The Kier molecular flexibility index (Phi) is 8.66. The van der Waals surface area contributed by atoms with Gasteiger partial charge >= 0.3 is 17.9 Å². The average Bonchev–Trinajstić information content (AvgIpc) is 2.54. The molecule has 6 heteroatoms. The Bertz CT molecular complexity index is 406. The minimum absolute atomic E-state index is 0.147. The SMILES string of the molecule is CCCCOC(=O)C1CCC(C(=O)O)CC1C(=O)OCCCC. The zero-order valence-corrected chi connectivity index (χ0v) is 14.1. The number of esters is 2. The number of aliphatic carboxylic acids is 1. The molecule has 0 saturated heterocycles. The van der Waals surface area contributed by atoms with Crippen LogP contribution in [0.2, 0.25) is 0 Å². The van der Waals surface area contributed by atoms with Gasteiger partial charge in [-0.1, -0.05) is 26.7 Å². The van der Waals surface area contributed by atoms with Gasteiger partial charge < -0.3 is 14.6 Å². The van der Waals surface area contributed by atoms with Crippen molar-refractivity contribution in [1.29, 1.82) is 0 Å². The number of hydrogen-bond acceptors (Lipinski definition) is 5. The van der Waals surface area contributed by atoms with Crippen molar-refractivity contribution < 1.29 is 29.0 Å². The van der Waals surface area contributed by atoms with E-state index in [9.17, 15) is 19.5 Å². The average molecular weight is 328 g/mol. The fraction of sp³-hybridized carbons (Fsp3) is 0.824. The van der Waals surface area contributed by atoms with Crippen molar-refractivity contribution >= 4 is 17.9 Å². The highest BCUT2D eigenvalue weighted by Crippen LogP contribution is 2.36. The smallest absolute Gasteiger partial charge is 0.309 e. The summed E-state index contributed by atoms with van der Waals surface area (Å²) in [5.74, 6) is -3.69. The maximum atomic E-state index is 12.3. The number of carbonyl (C=O) groups excluding carboxylic acids is 2. The molecule has 132 valence electrons. The van der Waals surface area contributed by atoms with Crippen LogP contribution < -0.4 is 0 Å². The summed E-state index contributed by atoms with van der Waals surface area (Å²) in [6.45, 7) is 4.63. The van der Waals surface area contributed by atoms with Crippen LogP contribution in [-0.2, 0) is 23.9 Å². The molecule has 0 radical (unpaired) electrons. The molecule has 3 atom stereocenters. The molecule has 3 unspecified atom stereocenters. The summed E-state index contributed by atoms with van der Waals surface area (Å²) in [4.78, 5) is 35.7. The molecule has 0 bridgehead atoms. The molecule has 0 aromatic heterocycles. The van der Waals surface area contributed by atoms with Crippen molar-refractivity contribution in [3.8, 4) is 0 Å². The quantitative estimate of drug-likeness (QED) is 0.517. The molecule has 23 heavy (non-hydrogen) atoms. The Labute approximate surface area is 137 Å². The summed E-state index contributed by atoms with van der Waals surface area (Å²) in [6.07, 6.45) is 4.25. The van der Waals surface area contributed by atoms with Crippen LogP contribution in [-0.4, -0.2) is 36.2 Å². The molecular weight excluding hydrogens is 300 g/mol. The fourth-order valence-corrected chi connectivity index (χ4v) is 2.79. The largest absolute Gasteiger partial charge is 0.481 e. The fourth-order valence-electron chi connectivity index (χ4n) is 2.79. The minimum atomic E-state index is -0.922. The number of rotatable bonds is 9. The van der Waals surface area contributed by atoms with Crippen LogP contribution in [0, 0.1) is 17.8 Å². The van der Waals surface area contributed by atoms with E-state index < -0.39 is 35.7 Å². The van der Waals surface area contributed by atoms with E-state index in [1.807, 2.05) is 13.8 Å². The van der Waals surface area contributed by atoms with Crippen LogP contribution in [0.15, 0.2) is 0 Å². The second-order valence-corrected chi connectivity index (χ2v) is 6.10. The first-order valence-corrected chi connectivity index (χ1v) is 8.57. The number of unbranched alkanes of at least 4 members (excludes halogenated alkanes) is 2. The van der Waals surface area contributed by atoms with Crippen molar-refractivity contribution in [2.45, 2.75) is 58.8 Å². The van der Waals surface area contributed by atoms with E-state index in [4.69, 9.17) is 9.47 Å². The Morgan fingerprint density at radius 2 is 1.43 bits per heavy atom. The van der Waals surface area contributed by atoms with Gasteiger partial charge in [-0.2, -0.15) is 0 Å². The normalized spacial score (nSPS) is 24.0. The van der Waals surface area contributed by atoms with Crippen molar-refractivity contribution in [2.24, 2.45) is 17.8 Å². The summed E-state index contributed by atoms with van der Waals surface area (Å²) >= 11 is 0. The van der Waals surface area contributed by atoms with E-state index >= 15 is 0 Å². The van der Waals surface area contributed by atoms with Gasteiger partial charge in [-0.05, 0) is 32.1 Å². The molecule has 6 nitrogen and oxygen atoms in total. The van der Waals surface area contributed by atoms with E-state index in [1.165, 1.54) is 0 Å².